The van der Waals surface area contributed by atoms with E-state index in [0.717, 1.165) is 6.92 Å². The number of alkyl halides is 3. The highest BCUT2D eigenvalue weighted by molar-refractivity contribution is 5.54. The van der Waals surface area contributed by atoms with Crippen LogP contribution in [0.4, 0.5) is 18.0 Å². The van der Waals surface area contributed by atoms with Crippen LogP contribution in [0.5, 0.6) is 0 Å². The minimum absolute atomic E-state index is 1.00. The Kier molecular flexibility index (Phi) is 3.16. The van der Waals surface area contributed by atoms with E-state index in [9.17, 15) is 23.1 Å². The van der Waals surface area contributed by atoms with Gasteiger partial charge in [0.1, 0.15) is 0 Å². The largest absolute Gasteiger partial charge is 0.546 e. The van der Waals surface area contributed by atoms with Crippen LogP contribution < -0.4 is 5.11 Å². The third-order valence-electron chi connectivity index (χ3n) is 0.816. The molecule has 3 nitrogen and oxygen atoms in total. The van der Waals surface area contributed by atoms with Crippen molar-refractivity contribution in [3.63, 3.8) is 0 Å². The SMILES string of the molecule is CC(CC(F)(F)F)OC(=O)[O-]. The molecule has 0 aliphatic rings. The Labute approximate surface area is 60.8 Å². The monoisotopic (exact) mass is 171 g/mol. The Bertz CT molecular complexity index is 142. The van der Waals surface area contributed by atoms with Crippen molar-refractivity contribution in [1.29, 1.82) is 0 Å². The molecule has 6 heteroatoms. The van der Waals surface area contributed by atoms with Crippen LogP contribution in [-0.2, 0) is 4.74 Å². The van der Waals surface area contributed by atoms with Crippen LogP contribution >= 0.6 is 0 Å². The zero-order chi connectivity index (χ0) is 9.07. The topological polar surface area (TPSA) is 49.4 Å². The average Bonchev–Trinajstić information content (AvgIpc) is 1.53. The summed E-state index contributed by atoms with van der Waals surface area (Å²) < 4.78 is 38.1. The summed E-state index contributed by atoms with van der Waals surface area (Å²) in [6.45, 7) is 1.00. The summed E-state index contributed by atoms with van der Waals surface area (Å²) in [6.07, 6.45) is -9.04. The fourth-order valence-electron chi connectivity index (χ4n) is 0.532. The molecule has 0 aromatic rings. The van der Waals surface area contributed by atoms with Gasteiger partial charge in [-0.2, -0.15) is 13.2 Å². The van der Waals surface area contributed by atoms with Crippen molar-refractivity contribution in [3.05, 3.63) is 0 Å². The summed E-state index contributed by atoms with van der Waals surface area (Å²) >= 11 is 0. The molecule has 0 spiro atoms. The molecule has 0 rings (SSSR count). The molecule has 0 saturated heterocycles. The van der Waals surface area contributed by atoms with Crippen LogP contribution in [0.1, 0.15) is 13.3 Å². The van der Waals surface area contributed by atoms with Crippen molar-refractivity contribution in [1.82, 2.24) is 0 Å². The first-order chi connectivity index (χ1) is 4.81. The second kappa shape index (κ2) is 3.45. The lowest BCUT2D eigenvalue weighted by Crippen LogP contribution is -2.30. The highest BCUT2D eigenvalue weighted by Gasteiger charge is 2.29. The van der Waals surface area contributed by atoms with Gasteiger partial charge in [0, 0.05) is 6.10 Å². The molecule has 1 atom stereocenters. The summed E-state index contributed by atoms with van der Waals surface area (Å²) in [5.74, 6) is 0. The first-order valence-electron chi connectivity index (χ1n) is 2.75. The maximum absolute atomic E-state index is 11.5. The Balaban J connectivity index is 3.69. The van der Waals surface area contributed by atoms with Crippen molar-refractivity contribution in [2.75, 3.05) is 0 Å². The molecule has 1 unspecified atom stereocenters. The van der Waals surface area contributed by atoms with Crippen molar-refractivity contribution in [3.8, 4) is 0 Å². The van der Waals surface area contributed by atoms with Gasteiger partial charge in [-0.3, -0.25) is 0 Å². The van der Waals surface area contributed by atoms with Crippen LogP contribution in [0, 0.1) is 0 Å². The van der Waals surface area contributed by atoms with Crippen molar-refractivity contribution in [2.45, 2.75) is 25.6 Å². The number of ether oxygens (including phenoxy) is 1. The molecule has 0 radical (unpaired) electrons. The minimum atomic E-state index is -4.41. The fourth-order valence-corrected chi connectivity index (χ4v) is 0.532. The smallest absolute Gasteiger partial charge is 0.390 e. The predicted octanol–water partition coefficient (Wildman–Crippen LogP) is 0.687. The lowest BCUT2D eigenvalue weighted by atomic mass is 10.3. The van der Waals surface area contributed by atoms with Crippen LogP contribution in [0.15, 0.2) is 0 Å². The van der Waals surface area contributed by atoms with Crippen LogP contribution in [0.2, 0.25) is 0 Å². The molecular formula is C5H6F3O3-. The molecule has 0 bridgehead atoms. The van der Waals surface area contributed by atoms with Crippen molar-refractivity contribution < 1.29 is 27.8 Å². The van der Waals surface area contributed by atoms with E-state index < -0.39 is 24.9 Å². The summed E-state index contributed by atoms with van der Waals surface area (Å²) in [5.41, 5.74) is 0. The van der Waals surface area contributed by atoms with E-state index in [2.05, 4.69) is 4.74 Å². The number of halogens is 3. The Morgan fingerprint density at radius 1 is 1.64 bits per heavy atom. The highest BCUT2D eigenvalue weighted by Crippen LogP contribution is 2.22. The molecule has 0 N–H and O–H groups in total. The predicted molar refractivity (Wildman–Crippen MR) is 26.6 cm³/mol. The van der Waals surface area contributed by atoms with Gasteiger partial charge in [0.25, 0.3) is 6.16 Å². The van der Waals surface area contributed by atoms with E-state index in [-0.39, 0.29) is 0 Å². The number of rotatable bonds is 2. The van der Waals surface area contributed by atoms with E-state index in [1.165, 1.54) is 0 Å². The summed E-state index contributed by atoms with van der Waals surface area (Å²) in [5, 5.41) is 9.59. The normalized spacial score (nSPS) is 14.2. The van der Waals surface area contributed by atoms with Crippen LogP contribution in [0.3, 0.4) is 0 Å². The molecule has 0 aromatic heterocycles. The quantitative estimate of drug-likeness (QED) is 0.574. The van der Waals surface area contributed by atoms with Crippen LogP contribution in [-0.4, -0.2) is 18.4 Å². The van der Waals surface area contributed by atoms with Gasteiger partial charge in [-0.1, -0.05) is 0 Å². The van der Waals surface area contributed by atoms with Gasteiger partial charge in [-0.05, 0) is 6.92 Å². The van der Waals surface area contributed by atoms with E-state index in [0.29, 0.717) is 0 Å². The number of carbonyl (C=O) groups excluding carboxylic acids is 1. The summed E-state index contributed by atoms with van der Waals surface area (Å²) in [6, 6.07) is 0. The van der Waals surface area contributed by atoms with Gasteiger partial charge in [0.05, 0.1) is 6.42 Å². The van der Waals surface area contributed by atoms with E-state index in [1.54, 1.807) is 0 Å². The summed E-state index contributed by atoms with van der Waals surface area (Å²) in [7, 11) is 0. The average molecular weight is 171 g/mol. The van der Waals surface area contributed by atoms with E-state index in [1.807, 2.05) is 0 Å². The third-order valence-corrected chi connectivity index (χ3v) is 0.816. The molecule has 0 heterocycles. The van der Waals surface area contributed by atoms with Gasteiger partial charge in [0.2, 0.25) is 0 Å². The van der Waals surface area contributed by atoms with Gasteiger partial charge in [-0.15, -0.1) is 0 Å². The number of hydrogen-bond donors (Lipinski definition) is 0. The Morgan fingerprint density at radius 3 is 2.36 bits per heavy atom. The molecule has 0 aliphatic heterocycles. The Morgan fingerprint density at radius 2 is 2.09 bits per heavy atom. The van der Waals surface area contributed by atoms with Crippen molar-refractivity contribution in [2.24, 2.45) is 0 Å². The van der Waals surface area contributed by atoms with Gasteiger partial charge in [0.15, 0.2) is 0 Å². The molecule has 66 valence electrons. The molecule has 0 aliphatic carbocycles. The first kappa shape index (κ1) is 10.1. The first-order valence-corrected chi connectivity index (χ1v) is 2.75. The van der Waals surface area contributed by atoms with Gasteiger partial charge >= 0.3 is 6.18 Å². The fraction of sp³-hybridized carbons (Fsp3) is 0.800. The number of carboxylic acid groups (broad SMARTS) is 1. The highest BCUT2D eigenvalue weighted by atomic mass is 19.4. The molecule has 11 heavy (non-hydrogen) atoms. The molecule has 0 saturated carbocycles. The van der Waals surface area contributed by atoms with Crippen molar-refractivity contribution >= 4 is 6.16 Å². The van der Waals surface area contributed by atoms with Crippen LogP contribution in [0.25, 0.3) is 0 Å². The zero-order valence-corrected chi connectivity index (χ0v) is 5.64. The standard InChI is InChI=1S/C5H7F3O3/c1-3(11-4(9)10)2-5(6,7)8/h3H,2H2,1H3,(H,9,10)/p-1. The van der Waals surface area contributed by atoms with E-state index in [4.69, 9.17) is 0 Å². The second-order valence-corrected chi connectivity index (χ2v) is 2.00. The third kappa shape index (κ3) is 6.95. The van der Waals surface area contributed by atoms with Gasteiger partial charge < -0.3 is 14.6 Å². The number of carbonyl (C=O) groups is 1. The molecule has 0 amide bonds. The van der Waals surface area contributed by atoms with E-state index >= 15 is 0 Å². The lowest BCUT2D eigenvalue weighted by Gasteiger charge is -2.18. The molecule has 0 fully saturated rings. The van der Waals surface area contributed by atoms with Gasteiger partial charge in [-0.25, -0.2) is 0 Å². The maximum atomic E-state index is 11.5. The maximum Gasteiger partial charge on any atom is 0.390 e. The summed E-state index contributed by atoms with van der Waals surface area (Å²) in [4.78, 5) is 9.59. The zero-order valence-electron chi connectivity index (χ0n) is 5.64. The lowest BCUT2D eigenvalue weighted by molar-refractivity contribution is -0.289. The second-order valence-electron chi connectivity index (χ2n) is 2.00. The minimum Gasteiger partial charge on any atom is -0.546 e. The Hall–Kier alpha value is -0.940. The number of hydrogen-bond acceptors (Lipinski definition) is 3. The molecule has 0 aromatic carbocycles. The molecular weight excluding hydrogens is 165 g/mol.